The van der Waals surface area contributed by atoms with Gasteiger partial charge in [0, 0.05) is 24.0 Å². The molecule has 0 radical (unpaired) electrons. The molecule has 2 bridgehead atoms. The smallest absolute Gasteiger partial charge is 0.253 e. The monoisotopic (exact) mass is 454 g/mol. The minimum atomic E-state index is -0.0108. The number of carbonyl (C=O) groups excluding carboxylic acids is 1. The second-order valence-corrected chi connectivity index (χ2v) is 8.77. The highest BCUT2D eigenvalue weighted by molar-refractivity contribution is 6.04. The van der Waals surface area contributed by atoms with Gasteiger partial charge in [-0.15, -0.1) is 24.8 Å². The molecule has 4 heterocycles. The summed E-state index contributed by atoms with van der Waals surface area (Å²) in [4.78, 5) is 20.4. The summed E-state index contributed by atoms with van der Waals surface area (Å²) in [5.41, 5.74) is 2.08. The number of carbonyl (C=O) groups is 1. The molecule has 2 aromatic rings. The lowest BCUT2D eigenvalue weighted by atomic mass is 9.82. The van der Waals surface area contributed by atoms with Crippen LogP contribution < -0.4 is 10.6 Å². The van der Waals surface area contributed by atoms with E-state index in [2.05, 4.69) is 22.6 Å². The van der Waals surface area contributed by atoms with E-state index in [9.17, 15) is 4.79 Å². The van der Waals surface area contributed by atoms with Crippen LogP contribution in [0.25, 0.3) is 11.1 Å². The third kappa shape index (κ3) is 4.47. The number of hydrogen-bond acceptors (Lipinski definition) is 5. The van der Waals surface area contributed by atoms with Gasteiger partial charge >= 0.3 is 0 Å². The first-order valence-corrected chi connectivity index (χ1v) is 10.8. The van der Waals surface area contributed by atoms with E-state index < -0.39 is 0 Å². The lowest BCUT2D eigenvalue weighted by Gasteiger charge is -2.47. The van der Waals surface area contributed by atoms with Crippen LogP contribution in [0, 0.1) is 0 Å². The Balaban J connectivity index is 0.00000128. The third-order valence-electron chi connectivity index (χ3n) is 7.04. The lowest BCUT2D eigenvalue weighted by molar-refractivity contribution is 0.0463. The van der Waals surface area contributed by atoms with Gasteiger partial charge in [0.25, 0.3) is 5.91 Å². The highest BCUT2D eigenvalue weighted by Crippen LogP contribution is 2.33. The number of aromatic nitrogens is 1. The Morgan fingerprint density at radius 3 is 2.53 bits per heavy atom. The Kier molecular flexibility index (Phi) is 7.66. The second-order valence-electron chi connectivity index (χ2n) is 8.77. The fraction of sp³-hybridized carbons (Fsp3) is 0.636. The number of oxazole rings is 1. The van der Waals surface area contributed by atoms with E-state index in [0.29, 0.717) is 29.1 Å². The molecule has 0 spiro atoms. The Morgan fingerprint density at radius 2 is 1.83 bits per heavy atom. The number of nitrogens with one attached hydrogen (secondary N) is 2. The minimum absolute atomic E-state index is 0. The molecule has 5 rings (SSSR count). The number of benzene rings is 1. The van der Waals surface area contributed by atoms with Crippen molar-refractivity contribution in [2.45, 2.75) is 69.0 Å². The molecule has 1 aromatic carbocycles. The molecule has 166 valence electrons. The highest BCUT2D eigenvalue weighted by atomic mass is 35.5. The SMILES string of the molecule is CN1C2CCCC1CC(NC(=O)c1cccc3oc(C4CCNCC4)nc13)C2.Cl.Cl. The van der Waals surface area contributed by atoms with Gasteiger partial charge in [-0.2, -0.15) is 0 Å². The van der Waals surface area contributed by atoms with Gasteiger partial charge < -0.3 is 20.0 Å². The Bertz CT molecular complexity index is 854. The van der Waals surface area contributed by atoms with Gasteiger partial charge in [-0.05, 0) is 70.8 Å². The summed E-state index contributed by atoms with van der Waals surface area (Å²) in [6, 6.07) is 7.16. The topological polar surface area (TPSA) is 70.4 Å². The van der Waals surface area contributed by atoms with Crippen molar-refractivity contribution in [3.63, 3.8) is 0 Å². The zero-order chi connectivity index (χ0) is 19.1. The van der Waals surface area contributed by atoms with E-state index in [1.807, 2.05) is 18.2 Å². The van der Waals surface area contributed by atoms with Gasteiger partial charge in [0.1, 0.15) is 5.52 Å². The zero-order valence-electron chi connectivity index (χ0n) is 17.4. The molecule has 2 atom stereocenters. The first-order chi connectivity index (χ1) is 13.7. The molecule has 3 aliphatic heterocycles. The Morgan fingerprint density at radius 1 is 1.13 bits per heavy atom. The Hall–Kier alpha value is -1.34. The van der Waals surface area contributed by atoms with Crippen LogP contribution in [0.4, 0.5) is 0 Å². The van der Waals surface area contributed by atoms with Crippen LogP contribution in [0.15, 0.2) is 22.6 Å². The lowest BCUT2D eigenvalue weighted by Crippen LogP contribution is -2.55. The molecule has 3 saturated heterocycles. The van der Waals surface area contributed by atoms with Crippen molar-refractivity contribution in [2.24, 2.45) is 0 Å². The summed E-state index contributed by atoms with van der Waals surface area (Å²) in [7, 11) is 2.24. The van der Waals surface area contributed by atoms with Crippen molar-refractivity contribution in [1.82, 2.24) is 20.5 Å². The van der Waals surface area contributed by atoms with E-state index >= 15 is 0 Å². The molecule has 30 heavy (non-hydrogen) atoms. The van der Waals surface area contributed by atoms with Crippen molar-refractivity contribution in [1.29, 1.82) is 0 Å². The number of fused-ring (bicyclic) bond motifs is 3. The summed E-state index contributed by atoms with van der Waals surface area (Å²) >= 11 is 0. The molecule has 1 aromatic heterocycles. The van der Waals surface area contributed by atoms with Gasteiger partial charge in [0.15, 0.2) is 11.5 Å². The number of nitrogens with zero attached hydrogens (tertiary/aromatic N) is 2. The van der Waals surface area contributed by atoms with Crippen molar-refractivity contribution >= 4 is 41.8 Å². The van der Waals surface area contributed by atoms with Crippen molar-refractivity contribution in [3.8, 4) is 0 Å². The van der Waals surface area contributed by atoms with Gasteiger partial charge in [-0.3, -0.25) is 4.79 Å². The molecule has 3 fully saturated rings. The largest absolute Gasteiger partial charge is 0.440 e. The van der Waals surface area contributed by atoms with Gasteiger partial charge in [-0.1, -0.05) is 12.5 Å². The maximum Gasteiger partial charge on any atom is 0.253 e. The minimum Gasteiger partial charge on any atom is -0.440 e. The highest BCUT2D eigenvalue weighted by Gasteiger charge is 2.36. The molecular formula is C22H32Cl2N4O2. The fourth-order valence-corrected chi connectivity index (χ4v) is 5.39. The molecule has 2 unspecified atom stereocenters. The van der Waals surface area contributed by atoms with Crippen molar-refractivity contribution < 1.29 is 9.21 Å². The summed E-state index contributed by atoms with van der Waals surface area (Å²) in [6.45, 7) is 1.99. The van der Waals surface area contributed by atoms with E-state index in [4.69, 9.17) is 9.40 Å². The maximum atomic E-state index is 13.1. The number of para-hydroxylation sites is 1. The number of hydrogen-bond donors (Lipinski definition) is 2. The van der Waals surface area contributed by atoms with Crippen LogP contribution in [-0.2, 0) is 0 Å². The average molecular weight is 455 g/mol. The first kappa shape index (κ1) is 23.3. The van der Waals surface area contributed by atoms with Crippen LogP contribution in [0.3, 0.4) is 0 Å². The van der Waals surface area contributed by atoms with Gasteiger partial charge in [0.05, 0.1) is 5.56 Å². The van der Waals surface area contributed by atoms with Crippen molar-refractivity contribution in [3.05, 3.63) is 29.7 Å². The van der Waals surface area contributed by atoms with E-state index in [-0.39, 0.29) is 36.8 Å². The maximum absolute atomic E-state index is 13.1. The molecular weight excluding hydrogens is 423 g/mol. The summed E-state index contributed by atoms with van der Waals surface area (Å²) < 4.78 is 6.04. The number of piperidine rings is 3. The van der Waals surface area contributed by atoms with E-state index in [1.54, 1.807) is 0 Å². The van der Waals surface area contributed by atoms with Crippen LogP contribution >= 0.6 is 24.8 Å². The molecule has 0 aliphatic carbocycles. The first-order valence-electron chi connectivity index (χ1n) is 10.8. The quantitative estimate of drug-likeness (QED) is 0.735. The van der Waals surface area contributed by atoms with Gasteiger partial charge in [0.2, 0.25) is 0 Å². The van der Waals surface area contributed by atoms with Crippen LogP contribution in [0.2, 0.25) is 0 Å². The molecule has 8 heteroatoms. The number of halogens is 2. The average Bonchev–Trinajstić information content (AvgIpc) is 3.14. The molecule has 3 aliphatic rings. The fourth-order valence-electron chi connectivity index (χ4n) is 5.39. The van der Waals surface area contributed by atoms with Gasteiger partial charge in [-0.25, -0.2) is 4.98 Å². The molecule has 2 N–H and O–H groups in total. The molecule has 6 nitrogen and oxygen atoms in total. The van der Waals surface area contributed by atoms with Crippen LogP contribution in [-0.4, -0.2) is 54.1 Å². The third-order valence-corrected chi connectivity index (χ3v) is 7.04. The normalized spacial score (nSPS) is 27.2. The van der Waals surface area contributed by atoms with E-state index in [1.165, 1.54) is 19.3 Å². The molecule has 1 amide bonds. The van der Waals surface area contributed by atoms with Crippen LogP contribution in [0.1, 0.15) is 67.1 Å². The summed E-state index contributed by atoms with van der Waals surface area (Å²) in [5, 5.41) is 6.68. The second kappa shape index (κ2) is 9.86. The zero-order valence-corrected chi connectivity index (χ0v) is 19.1. The summed E-state index contributed by atoms with van der Waals surface area (Å²) in [5.74, 6) is 1.12. The predicted molar refractivity (Wildman–Crippen MR) is 123 cm³/mol. The van der Waals surface area contributed by atoms with Crippen LogP contribution in [0.5, 0.6) is 0 Å². The van der Waals surface area contributed by atoms with Crippen molar-refractivity contribution in [2.75, 3.05) is 20.1 Å². The molecule has 0 saturated carbocycles. The Labute approximate surface area is 190 Å². The van der Waals surface area contributed by atoms with E-state index in [0.717, 1.165) is 50.2 Å². The predicted octanol–water partition coefficient (Wildman–Crippen LogP) is 3.88. The summed E-state index contributed by atoms with van der Waals surface area (Å²) in [6.07, 6.45) is 7.98. The number of rotatable bonds is 3. The standard InChI is InChI=1S/C22H30N4O2.2ClH/c1-26-16-4-2-5-17(26)13-15(12-16)24-21(27)18-6-3-7-19-20(18)25-22(28-19)14-8-10-23-11-9-14;;/h3,6-7,14-17,23H,2,4-5,8-13H2,1H3,(H,24,27);2*1H. The number of amides is 1.